The molecule has 1 amide bonds. The topological polar surface area (TPSA) is 75.0 Å². The number of nitrogens with zero attached hydrogens (tertiary/aromatic N) is 2. The van der Waals surface area contributed by atoms with Gasteiger partial charge in [0, 0.05) is 5.41 Å². The van der Waals surface area contributed by atoms with Crippen molar-refractivity contribution in [1.29, 1.82) is 5.41 Å². The highest BCUT2D eigenvalue weighted by atomic mass is 35.5. The van der Waals surface area contributed by atoms with Crippen LogP contribution in [0.5, 0.6) is 11.5 Å². The third kappa shape index (κ3) is 5.19. The number of aryl methyl sites for hydroxylation is 1. The molecule has 37 heavy (non-hydrogen) atoms. The Labute approximate surface area is 224 Å². The van der Waals surface area contributed by atoms with Crippen molar-refractivity contribution in [3.05, 3.63) is 105 Å². The fraction of sp³-hybridized carbons (Fsp3) is 0.138. The zero-order valence-electron chi connectivity index (χ0n) is 20.3. The van der Waals surface area contributed by atoms with E-state index < -0.39 is 5.91 Å². The van der Waals surface area contributed by atoms with E-state index in [4.69, 9.17) is 26.5 Å². The van der Waals surface area contributed by atoms with Crippen LogP contribution in [0.4, 0.5) is 0 Å². The van der Waals surface area contributed by atoms with Crippen molar-refractivity contribution in [2.45, 2.75) is 20.5 Å². The lowest BCUT2D eigenvalue weighted by Gasteiger charge is -2.27. The Morgan fingerprint density at radius 2 is 1.89 bits per heavy atom. The molecule has 2 heterocycles. The summed E-state index contributed by atoms with van der Waals surface area (Å²) in [4.78, 5) is 18.8. The number of hydrogen-bond donors (Lipinski definition) is 1. The average molecular weight is 530 g/mol. The molecule has 5 rings (SSSR count). The molecule has 6 nitrogen and oxygen atoms in total. The van der Waals surface area contributed by atoms with Gasteiger partial charge in [-0.3, -0.25) is 15.1 Å². The van der Waals surface area contributed by atoms with Crippen molar-refractivity contribution in [3.8, 4) is 11.5 Å². The number of thioether (sulfide) groups is 1. The molecule has 0 saturated heterocycles. The molecule has 0 atom stereocenters. The molecule has 2 aliphatic rings. The van der Waals surface area contributed by atoms with Crippen LogP contribution in [0.3, 0.4) is 0 Å². The van der Waals surface area contributed by atoms with Gasteiger partial charge in [-0.1, -0.05) is 83.5 Å². The van der Waals surface area contributed by atoms with Crippen molar-refractivity contribution in [2.24, 2.45) is 4.99 Å². The summed E-state index contributed by atoms with van der Waals surface area (Å²) in [6.45, 7) is 4.66. The summed E-state index contributed by atoms with van der Waals surface area (Å²) in [6, 6.07) is 21.3. The third-order valence-corrected chi connectivity index (χ3v) is 6.90. The number of halogens is 1. The summed E-state index contributed by atoms with van der Waals surface area (Å²) in [6.07, 6.45) is 1.62. The van der Waals surface area contributed by atoms with E-state index >= 15 is 0 Å². The van der Waals surface area contributed by atoms with Gasteiger partial charge in [-0.2, -0.15) is 4.99 Å². The lowest BCUT2D eigenvalue weighted by Crippen LogP contribution is -2.38. The van der Waals surface area contributed by atoms with Crippen LogP contribution in [0, 0.1) is 12.3 Å². The van der Waals surface area contributed by atoms with Crippen molar-refractivity contribution < 1.29 is 14.3 Å². The van der Waals surface area contributed by atoms with Crippen LogP contribution in [-0.2, 0) is 11.4 Å². The van der Waals surface area contributed by atoms with Crippen molar-refractivity contribution >= 4 is 52.0 Å². The smallest absolute Gasteiger partial charge is 0.283 e. The van der Waals surface area contributed by atoms with E-state index in [9.17, 15) is 4.79 Å². The predicted octanol–water partition coefficient (Wildman–Crippen LogP) is 6.93. The van der Waals surface area contributed by atoms with Crippen molar-refractivity contribution in [2.75, 3.05) is 6.61 Å². The maximum absolute atomic E-state index is 12.9. The molecule has 0 unspecified atom stereocenters. The first-order valence-corrected chi connectivity index (χ1v) is 13.0. The first-order chi connectivity index (χ1) is 17.9. The minimum absolute atomic E-state index is 0.0592. The molecule has 3 aromatic rings. The normalized spacial score (nSPS) is 16.0. The van der Waals surface area contributed by atoms with Crippen molar-refractivity contribution in [1.82, 2.24) is 4.90 Å². The van der Waals surface area contributed by atoms with E-state index in [0.717, 1.165) is 22.4 Å². The van der Waals surface area contributed by atoms with Gasteiger partial charge in [-0.05, 0) is 48.7 Å². The molecule has 186 valence electrons. The number of aliphatic imine (C=N–C) groups is 1. The summed E-state index contributed by atoms with van der Waals surface area (Å²) in [5.74, 6) is 0.488. The standard InChI is InChI=1S/C29H24ClN3O3S/c1-3-35-25-15-20(14-23(30)26(25)36-16-19-9-7-8-18(2)12-19)13-22-27(31)33-24(21-10-5-4-6-11-21)17-37-29(33)32-28(22)34/h4-15,17,31H,3,16H2,1-2H3. The number of amidine groups is 2. The highest BCUT2D eigenvalue weighted by Crippen LogP contribution is 2.40. The minimum Gasteiger partial charge on any atom is -0.490 e. The predicted molar refractivity (Wildman–Crippen MR) is 150 cm³/mol. The highest BCUT2D eigenvalue weighted by Gasteiger charge is 2.36. The maximum atomic E-state index is 12.9. The molecule has 0 aliphatic carbocycles. The molecule has 0 saturated carbocycles. The Morgan fingerprint density at radius 3 is 2.65 bits per heavy atom. The monoisotopic (exact) mass is 529 g/mol. The molecule has 1 N–H and O–H groups in total. The molecule has 0 aromatic heterocycles. The lowest BCUT2D eigenvalue weighted by molar-refractivity contribution is -0.114. The number of benzene rings is 3. The quantitative estimate of drug-likeness (QED) is 0.336. The Hall–Kier alpha value is -3.81. The van der Waals surface area contributed by atoms with Gasteiger partial charge in [0.1, 0.15) is 12.4 Å². The van der Waals surface area contributed by atoms with E-state index in [1.165, 1.54) is 11.8 Å². The van der Waals surface area contributed by atoms with E-state index in [1.54, 1.807) is 23.1 Å². The summed E-state index contributed by atoms with van der Waals surface area (Å²) in [5, 5.41) is 11.6. The van der Waals surface area contributed by atoms with Gasteiger partial charge in [-0.25, -0.2) is 0 Å². The van der Waals surface area contributed by atoms with Crippen LogP contribution in [0.15, 0.2) is 82.7 Å². The fourth-order valence-electron chi connectivity index (χ4n) is 4.11. The van der Waals surface area contributed by atoms with E-state index in [2.05, 4.69) is 11.1 Å². The van der Waals surface area contributed by atoms with Crippen LogP contribution in [-0.4, -0.2) is 28.4 Å². The minimum atomic E-state index is -0.472. The average Bonchev–Trinajstić information content (AvgIpc) is 3.31. The Morgan fingerprint density at radius 1 is 1.08 bits per heavy atom. The van der Waals surface area contributed by atoms with Gasteiger partial charge >= 0.3 is 0 Å². The summed E-state index contributed by atoms with van der Waals surface area (Å²) in [7, 11) is 0. The van der Waals surface area contributed by atoms with Crippen LogP contribution < -0.4 is 9.47 Å². The highest BCUT2D eigenvalue weighted by molar-refractivity contribution is 8.17. The zero-order valence-corrected chi connectivity index (χ0v) is 21.9. The van der Waals surface area contributed by atoms with Gasteiger partial charge in [0.05, 0.1) is 22.9 Å². The Balaban J connectivity index is 1.45. The molecule has 2 aliphatic heterocycles. The van der Waals surface area contributed by atoms with Crippen LogP contribution in [0.25, 0.3) is 11.8 Å². The van der Waals surface area contributed by atoms with Crippen LogP contribution >= 0.6 is 23.4 Å². The molecule has 0 spiro atoms. The zero-order chi connectivity index (χ0) is 25.9. The first kappa shape index (κ1) is 24.9. The first-order valence-electron chi connectivity index (χ1n) is 11.8. The lowest BCUT2D eigenvalue weighted by atomic mass is 10.1. The third-order valence-electron chi connectivity index (χ3n) is 5.79. The molecular formula is C29H24ClN3O3S. The largest absolute Gasteiger partial charge is 0.490 e. The van der Waals surface area contributed by atoms with Gasteiger partial charge in [-0.15, -0.1) is 0 Å². The van der Waals surface area contributed by atoms with Gasteiger partial charge in [0.25, 0.3) is 5.91 Å². The number of amides is 1. The number of nitrogens with one attached hydrogen (secondary N) is 1. The van der Waals surface area contributed by atoms with E-state index in [1.807, 2.05) is 67.8 Å². The summed E-state index contributed by atoms with van der Waals surface area (Å²) < 4.78 is 11.9. The molecule has 3 aromatic carbocycles. The second-order valence-corrected chi connectivity index (χ2v) is 9.71. The summed E-state index contributed by atoms with van der Waals surface area (Å²) >= 11 is 7.96. The number of carbonyl (C=O) groups is 1. The number of carbonyl (C=O) groups excluding carboxylic acids is 1. The summed E-state index contributed by atoms with van der Waals surface area (Å²) in [5.41, 5.74) is 4.69. The van der Waals surface area contributed by atoms with Crippen molar-refractivity contribution in [3.63, 3.8) is 0 Å². The molecule has 8 heteroatoms. The fourth-order valence-corrected chi connectivity index (χ4v) is 5.28. The second kappa shape index (κ2) is 10.7. The molecule has 0 radical (unpaired) electrons. The Kier molecular flexibility index (Phi) is 7.17. The van der Waals surface area contributed by atoms with Crippen LogP contribution in [0.2, 0.25) is 5.02 Å². The maximum Gasteiger partial charge on any atom is 0.283 e. The second-order valence-electron chi connectivity index (χ2n) is 8.47. The number of rotatable bonds is 7. The van der Waals surface area contributed by atoms with Gasteiger partial charge in [0.15, 0.2) is 16.7 Å². The number of fused-ring (bicyclic) bond motifs is 1. The van der Waals surface area contributed by atoms with Gasteiger partial charge in [0.2, 0.25) is 0 Å². The molecule has 0 bridgehead atoms. The number of hydrogen-bond acceptors (Lipinski definition) is 5. The number of ether oxygens (including phenoxy) is 2. The van der Waals surface area contributed by atoms with Crippen LogP contribution in [0.1, 0.15) is 29.2 Å². The SMILES string of the molecule is CCOc1cc(C=C2C(=N)N3C(c4ccccc4)=CSC3=NC2=O)cc(Cl)c1OCc1cccc(C)c1. The molecular weight excluding hydrogens is 506 g/mol. The Bertz CT molecular complexity index is 1480. The van der Waals surface area contributed by atoms with E-state index in [0.29, 0.717) is 40.5 Å². The van der Waals surface area contributed by atoms with Gasteiger partial charge < -0.3 is 9.47 Å². The molecule has 0 fully saturated rings. The van der Waals surface area contributed by atoms with E-state index in [-0.39, 0.29) is 11.4 Å².